The Kier molecular flexibility index (Phi) is 48.2. The van der Waals surface area contributed by atoms with Crippen LogP contribution in [0.5, 0.6) is 0 Å². The summed E-state index contributed by atoms with van der Waals surface area (Å²) < 4.78 is 5.90. The molecule has 3 atom stereocenters. The Morgan fingerprint density at radius 2 is 0.844 bits per heavy atom. The van der Waals surface area contributed by atoms with Crippen LogP contribution in [-0.2, 0) is 14.3 Å². The highest BCUT2D eigenvalue weighted by molar-refractivity contribution is 5.77. The van der Waals surface area contributed by atoms with Gasteiger partial charge in [-0.3, -0.25) is 9.59 Å². The third-order valence-corrected chi connectivity index (χ3v) is 11.6. The molecule has 366 valence electrons. The molecule has 0 aliphatic heterocycles. The fraction of sp³-hybridized carbons (Fsp3) is 0.690. The fourth-order valence-corrected chi connectivity index (χ4v) is 7.57. The van der Waals surface area contributed by atoms with Crippen molar-refractivity contribution < 1.29 is 24.5 Å². The molecule has 0 bridgehead atoms. The van der Waals surface area contributed by atoms with Gasteiger partial charge in [-0.15, -0.1) is 0 Å². The van der Waals surface area contributed by atoms with Crippen molar-refractivity contribution in [2.45, 2.75) is 251 Å². The van der Waals surface area contributed by atoms with Crippen molar-refractivity contribution in [2.75, 3.05) is 6.61 Å². The molecule has 3 unspecified atom stereocenters. The van der Waals surface area contributed by atoms with E-state index >= 15 is 0 Å². The Morgan fingerprint density at radius 3 is 1.31 bits per heavy atom. The zero-order valence-corrected chi connectivity index (χ0v) is 41.6. The first-order valence-corrected chi connectivity index (χ1v) is 26.6. The number of unbranched alkanes of at least 4 members (excludes halogenated alkanes) is 24. The number of hydrogen-bond acceptors (Lipinski definition) is 5. The Hall–Kier alpha value is -3.22. The molecule has 0 saturated carbocycles. The predicted molar refractivity (Wildman–Crippen MR) is 277 cm³/mol. The summed E-state index contributed by atoms with van der Waals surface area (Å²) in [6, 6.07) is -0.729. The number of aliphatic hydroxyl groups is 2. The molecular formula is C58H99NO5. The molecule has 64 heavy (non-hydrogen) atoms. The van der Waals surface area contributed by atoms with E-state index in [9.17, 15) is 19.8 Å². The van der Waals surface area contributed by atoms with Crippen LogP contribution in [0.2, 0.25) is 0 Å². The number of nitrogens with one attached hydrogen (secondary N) is 1. The number of allylic oxidation sites excluding steroid dienone is 16. The van der Waals surface area contributed by atoms with Gasteiger partial charge < -0.3 is 20.3 Å². The molecule has 0 aliphatic rings. The summed E-state index contributed by atoms with van der Waals surface area (Å²) in [6.45, 7) is 6.29. The maximum absolute atomic E-state index is 13.2. The minimum atomic E-state index is -0.812. The van der Waals surface area contributed by atoms with Crippen LogP contribution in [0.15, 0.2) is 97.2 Å². The molecule has 0 saturated heterocycles. The second-order valence-corrected chi connectivity index (χ2v) is 17.7. The van der Waals surface area contributed by atoms with Crippen LogP contribution < -0.4 is 5.32 Å². The lowest BCUT2D eigenvalue weighted by Gasteiger charge is -2.24. The summed E-state index contributed by atoms with van der Waals surface area (Å²) >= 11 is 0. The second kappa shape index (κ2) is 50.8. The van der Waals surface area contributed by atoms with E-state index in [0.29, 0.717) is 19.3 Å². The van der Waals surface area contributed by atoms with E-state index in [2.05, 4.69) is 80.8 Å². The van der Waals surface area contributed by atoms with Crippen LogP contribution in [0.3, 0.4) is 0 Å². The predicted octanol–water partition coefficient (Wildman–Crippen LogP) is 16.1. The van der Waals surface area contributed by atoms with E-state index in [1.807, 2.05) is 42.5 Å². The molecule has 0 aliphatic carbocycles. The third-order valence-electron chi connectivity index (χ3n) is 11.6. The molecule has 0 rings (SSSR count). The lowest BCUT2D eigenvalue weighted by molar-refractivity contribution is -0.151. The van der Waals surface area contributed by atoms with Gasteiger partial charge in [0.15, 0.2) is 0 Å². The lowest BCUT2D eigenvalue weighted by atomic mass is 10.0. The number of rotatable bonds is 46. The average molecular weight is 890 g/mol. The maximum Gasteiger partial charge on any atom is 0.306 e. The van der Waals surface area contributed by atoms with Gasteiger partial charge in [0.25, 0.3) is 0 Å². The van der Waals surface area contributed by atoms with Gasteiger partial charge in [0.2, 0.25) is 5.91 Å². The van der Waals surface area contributed by atoms with Gasteiger partial charge in [-0.05, 0) is 70.6 Å². The SMILES string of the molecule is CC/C=C/C=C/C=C\C=C/CCCCCC(=O)OC(CCCCC/C=C/C=C/C=C/C=C/CCCCC)CC(=O)NC(CO)C(O)CCCCCCCCCCCCCCCCCC. The minimum absolute atomic E-state index is 0.0303. The van der Waals surface area contributed by atoms with Crippen LogP contribution in [-0.4, -0.2) is 46.9 Å². The molecule has 6 heteroatoms. The van der Waals surface area contributed by atoms with Gasteiger partial charge in [0.05, 0.1) is 25.2 Å². The van der Waals surface area contributed by atoms with E-state index in [1.54, 1.807) is 0 Å². The molecule has 0 radical (unpaired) electrons. The van der Waals surface area contributed by atoms with Gasteiger partial charge in [0.1, 0.15) is 6.10 Å². The molecular weight excluding hydrogens is 791 g/mol. The van der Waals surface area contributed by atoms with E-state index in [4.69, 9.17) is 4.74 Å². The summed E-state index contributed by atoms with van der Waals surface area (Å²) in [5.74, 6) is -0.564. The summed E-state index contributed by atoms with van der Waals surface area (Å²) in [6.07, 6.45) is 67.5. The van der Waals surface area contributed by atoms with Crippen LogP contribution in [0.4, 0.5) is 0 Å². The summed E-state index contributed by atoms with van der Waals surface area (Å²) in [4.78, 5) is 26.2. The lowest BCUT2D eigenvalue weighted by Crippen LogP contribution is -2.46. The van der Waals surface area contributed by atoms with Crippen molar-refractivity contribution >= 4 is 11.9 Å². The van der Waals surface area contributed by atoms with E-state index in [0.717, 1.165) is 83.5 Å². The molecule has 1 amide bonds. The number of aliphatic hydroxyl groups excluding tert-OH is 2. The van der Waals surface area contributed by atoms with E-state index < -0.39 is 18.2 Å². The largest absolute Gasteiger partial charge is 0.462 e. The molecule has 0 fully saturated rings. The number of carbonyl (C=O) groups excluding carboxylic acids is 2. The van der Waals surface area contributed by atoms with Gasteiger partial charge >= 0.3 is 5.97 Å². The minimum Gasteiger partial charge on any atom is -0.462 e. The normalized spacial score (nSPS) is 14.0. The van der Waals surface area contributed by atoms with Crippen LogP contribution in [0.25, 0.3) is 0 Å². The van der Waals surface area contributed by atoms with Gasteiger partial charge in [-0.1, -0.05) is 246 Å². The number of amides is 1. The van der Waals surface area contributed by atoms with Crippen molar-refractivity contribution in [3.8, 4) is 0 Å². The Balaban J connectivity index is 4.71. The van der Waals surface area contributed by atoms with Gasteiger partial charge in [-0.25, -0.2) is 0 Å². The highest BCUT2D eigenvalue weighted by Crippen LogP contribution is 2.17. The molecule has 0 aromatic heterocycles. The molecule has 0 aromatic carbocycles. The zero-order valence-electron chi connectivity index (χ0n) is 41.6. The highest BCUT2D eigenvalue weighted by Gasteiger charge is 2.24. The standard InChI is InChI=1S/C58H99NO5/c1-4-7-10-13-16-19-22-25-27-29-32-34-37-40-43-46-49-54(64-58(63)51-48-45-42-39-36-31-24-21-18-15-12-9-6-3)52-57(62)59-55(53-60)56(61)50-47-44-41-38-35-33-30-28-26-23-20-17-14-11-8-5-2/h9,12,15-16,18-19,21-22,24-25,27,29,31-32,34,36,54-56,60-61H,4-8,10-11,13-14,17,20,23,26,28,30,33,35,37-53H2,1-3H3,(H,59,62)/b12-9+,18-15+,19-16+,24-21-,25-22+,29-27+,34-32+,36-31-. The van der Waals surface area contributed by atoms with Crippen molar-refractivity contribution in [1.29, 1.82) is 0 Å². The molecule has 6 nitrogen and oxygen atoms in total. The van der Waals surface area contributed by atoms with Crippen LogP contribution in [0, 0.1) is 0 Å². The molecule has 0 heterocycles. The smallest absolute Gasteiger partial charge is 0.306 e. The Morgan fingerprint density at radius 1 is 0.469 bits per heavy atom. The van der Waals surface area contributed by atoms with Crippen molar-refractivity contribution in [1.82, 2.24) is 5.32 Å². The molecule has 0 aromatic rings. The number of hydrogen-bond donors (Lipinski definition) is 3. The van der Waals surface area contributed by atoms with Crippen molar-refractivity contribution in [3.05, 3.63) is 97.2 Å². The first kappa shape index (κ1) is 60.8. The van der Waals surface area contributed by atoms with Crippen molar-refractivity contribution in [2.24, 2.45) is 0 Å². The number of carbonyl (C=O) groups is 2. The molecule has 3 N–H and O–H groups in total. The van der Waals surface area contributed by atoms with E-state index in [-0.39, 0.29) is 24.9 Å². The molecule has 0 spiro atoms. The zero-order chi connectivity index (χ0) is 46.7. The monoisotopic (exact) mass is 890 g/mol. The van der Waals surface area contributed by atoms with Crippen LogP contribution >= 0.6 is 0 Å². The fourth-order valence-electron chi connectivity index (χ4n) is 7.57. The quantitative estimate of drug-likeness (QED) is 0.0321. The third kappa shape index (κ3) is 45.4. The summed E-state index contributed by atoms with van der Waals surface area (Å²) in [7, 11) is 0. The van der Waals surface area contributed by atoms with Gasteiger partial charge in [0, 0.05) is 6.42 Å². The second-order valence-electron chi connectivity index (χ2n) is 17.7. The van der Waals surface area contributed by atoms with Gasteiger partial charge in [-0.2, -0.15) is 0 Å². The van der Waals surface area contributed by atoms with Crippen LogP contribution in [0.1, 0.15) is 233 Å². The first-order valence-electron chi connectivity index (χ1n) is 26.6. The summed E-state index contributed by atoms with van der Waals surface area (Å²) in [5.41, 5.74) is 0. The first-order chi connectivity index (χ1) is 31.5. The van der Waals surface area contributed by atoms with Crippen molar-refractivity contribution in [3.63, 3.8) is 0 Å². The topological polar surface area (TPSA) is 95.9 Å². The van der Waals surface area contributed by atoms with E-state index in [1.165, 1.54) is 103 Å². The Labute approximate surface area is 395 Å². The average Bonchev–Trinajstić information content (AvgIpc) is 3.29. The summed E-state index contributed by atoms with van der Waals surface area (Å²) in [5, 5.41) is 23.8. The highest BCUT2D eigenvalue weighted by atomic mass is 16.5. The maximum atomic E-state index is 13.2. The Bertz CT molecular complexity index is 1270. The number of esters is 1. The number of ether oxygens (including phenoxy) is 1.